The van der Waals surface area contributed by atoms with Gasteiger partial charge in [0.2, 0.25) is 0 Å². The molecule has 0 radical (unpaired) electrons. The third-order valence-corrected chi connectivity index (χ3v) is 2.91. The van der Waals surface area contributed by atoms with Crippen molar-refractivity contribution in [2.75, 3.05) is 0 Å². The van der Waals surface area contributed by atoms with Crippen molar-refractivity contribution in [2.45, 2.75) is 0 Å². The van der Waals surface area contributed by atoms with Gasteiger partial charge in [-0.3, -0.25) is 9.98 Å². The fourth-order valence-corrected chi connectivity index (χ4v) is 2.06. The Hall–Kier alpha value is -2.33. The molecule has 0 aliphatic heterocycles. The first kappa shape index (κ1) is 13.1. The lowest BCUT2D eigenvalue weighted by Crippen LogP contribution is -2.14. The monoisotopic (exact) mass is 272 g/mol. The number of aromatic nitrogens is 2. The van der Waals surface area contributed by atoms with Gasteiger partial charge in [-0.1, -0.05) is 24.3 Å². The molecule has 5 heteroatoms. The highest BCUT2D eigenvalue weighted by atomic mass is 35.5. The standard InChI is InChI=1S/C14H12N4.ClH/c15-14(16)10-5-1-3-7-12(10)18-9-17-11-6-2-4-8-13(11)18;/h1-9H,(H3,15,16);1H. The minimum Gasteiger partial charge on any atom is -0.384 e. The minimum atomic E-state index is 0. The molecule has 3 N–H and O–H groups in total. The predicted molar refractivity (Wildman–Crippen MR) is 79.3 cm³/mol. The Balaban J connectivity index is 0.00000133. The molecule has 0 saturated carbocycles. The summed E-state index contributed by atoms with van der Waals surface area (Å²) in [5.41, 5.74) is 9.13. The number of nitrogens with two attached hydrogens (primary N) is 1. The van der Waals surface area contributed by atoms with E-state index in [1.165, 1.54) is 0 Å². The van der Waals surface area contributed by atoms with Crippen LogP contribution < -0.4 is 5.73 Å². The maximum Gasteiger partial charge on any atom is 0.124 e. The number of rotatable bonds is 2. The first-order valence-corrected chi connectivity index (χ1v) is 5.63. The van der Waals surface area contributed by atoms with Crippen LogP contribution in [-0.4, -0.2) is 15.4 Å². The van der Waals surface area contributed by atoms with E-state index in [4.69, 9.17) is 11.1 Å². The topological polar surface area (TPSA) is 67.7 Å². The zero-order valence-corrected chi connectivity index (χ0v) is 10.9. The Morgan fingerprint density at radius 1 is 1.05 bits per heavy atom. The lowest BCUT2D eigenvalue weighted by atomic mass is 10.1. The Kier molecular flexibility index (Phi) is 3.53. The van der Waals surface area contributed by atoms with Gasteiger partial charge in [0.25, 0.3) is 0 Å². The summed E-state index contributed by atoms with van der Waals surface area (Å²) in [4.78, 5) is 4.35. The van der Waals surface area contributed by atoms with Gasteiger partial charge in [0, 0.05) is 5.56 Å². The molecule has 0 aliphatic carbocycles. The molecule has 0 fully saturated rings. The van der Waals surface area contributed by atoms with Crippen LogP contribution in [0.15, 0.2) is 54.9 Å². The largest absolute Gasteiger partial charge is 0.384 e. The van der Waals surface area contributed by atoms with E-state index in [0.717, 1.165) is 16.7 Å². The van der Waals surface area contributed by atoms with E-state index < -0.39 is 0 Å². The number of halogens is 1. The number of imidazole rings is 1. The number of fused-ring (bicyclic) bond motifs is 1. The average Bonchev–Trinajstić information content (AvgIpc) is 2.82. The molecule has 2 aromatic carbocycles. The Labute approximate surface area is 116 Å². The molecule has 0 unspecified atom stereocenters. The number of para-hydroxylation sites is 3. The predicted octanol–water partition coefficient (Wildman–Crippen LogP) is 2.73. The van der Waals surface area contributed by atoms with Crippen molar-refractivity contribution < 1.29 is 0 Å². The van der Waals surface area contributed by atoms with Gasteiger partial charge >= 0.3 is 0 Å². The van der Waals surface area contributed by atoms with Gasteiger partial charge in [-0.25, -0.2) is 4.98 Å². The van der Waals surface area contributed by atoms with Crippen LogP contribution in [0.25, 0.3) is 16.7 Å². The summed E-state index contributed by atoms with van der Waals surface area (Å²) in [5.74, 6) is 0.0587. The number of hydrogen-bond donors (Lipinski definition) is 2. The molecule has 96 valence electrons. The van der Waals surface area contributed by atoms with E-state index in [9.17, 15) is 0 Å². The molecule has 19 heavy (non-hydrogen) atoms. The van der Waals surface area contributed by atoms with Gasteiger partial charge in [0.15, 0.2) is 0 Å². The SMILES string of the molecule is Cl.N=C(N)c1ccccc1-n1cnc2ccccc21. The maximum atomic E-state index is 7.63. The highest BCUT2D eigenvalue weighted by Crippen LogP contribution is 2.20. The van der Waals surface area contributed by atoms with E-state index >= 15 is 0 Å². The molecular formula is C14H13ClN4. The van der Waals surface area contributed by atoms with Crippen LogP contribution in [0.2, 0.25) is 0 Å². The van der Waals surface area contributed by atoms with E-state index in [0.29, 0.717) is 5.56 Å². The van der Waals surface area contributed by atoms with Gasteiger partial charge < -0.3 is 5.73 Å². The van der Waals surface area contributed by atoms with E-state index in [1.807, 2.05) is 53.1 Å². The maximum absolute atomic E-state index is 7.63. The summed E-state index contributed by atoms with van der Waals surface area (Å²) in [6.07, 6.45) is 1.76. The van der Waals surface area contributed by atoms with Gasteiger partial charge in [-0.05, 0) is 24.3 Å². The first-order chi connectivity index (χ1) is 8.77. The number of amidine groups is 1. The fraction of sp³-hybridized carbons (Fsp3) is 0. The van der Waals surface area contributed by atoms with Crippen molar-refractivity contribution in [3.8, 4) is 5.69 Å². The molecule has 1 heterocycles. The summed E-state index contributed by atoms with van der Waals surface area (Å²) in [6, 6.07) is 15.5. The van der Waals surface area contributed by atoms with Gasteiger partial charge in [0.1, 0.15) is 12.2 Å². The summed E-state index contributed by atoms with van der Waals surface area (Å²) in [7, 11) is 0. The zero-order chi connectivity index (χ0) is 12.5. The number of nitrogens with zero attached hydrogens (tertiary/aromatic N) is 2. The smallest absolute Gasteiger partial charge is 0.124 e. The molecule has 1 aromatic heterocycles. The normalized spacial score (nSPS) is 10.1. The van der Waals surface area contributed by atoms with Crippen molar-refractivity contribution in [3.05, 3.63) is 60.4 Å². The lowest BCUT2D eigenvalue weighted by Gasteiger charge is -2.09. The van der Waals surface area contributed by atoms with Crippen LogP contribution in [0.1, 0.15) is 5.56 Å². The summed E-state index contributed by atoms with van der Waals surface area (Å²) >= 11 is 0. The van der Waals surface area contributed by atoms with Crippen LogP contribution in [-0.2, 0) is 0 Å². The highest BCUT2D eigenvalue weighted by molar-refractivity contribution is 5.99. The number of hydrogen-bond acceptors (Lipinski definition) is 2. The molecule has 0 amide bonds. The number of benzene rings is 2. The Morgan fingerprint density at radius 2 is 1.74 bits per heavy atom. The van der Waals surface area contributed by atoms with Crippen LogP contribution >= 0.6 is 12.4 Å². The second-order valence-electron chi connectivity index (χ2n) is 4.03. The van der Waals surface area contributed by atoms with Crippen LogP contribution in [0.3, 0.4) is 0 Å². The first-order valence-electron chi connectivity index (χ1n) is 5.63. The fourth-order valence-electron chi connectivity index (χ4n) is 2.06. The van der Waals surface area contributed by atoms with Crippen molar-refractivity contribution in [1.29, 1.82) is 5.41 Å². The summed E-state index contributed by atoms with van der Waals surface area (Å²) in [6.45, 7) is 0. The molecule has 0 aliphatic rings. The molecule has 0 bridgehead atoms. The quantitative estimate of drug-likeness (QED) is 0.556. The molecule has 0 saturated heterocycles. The molecule has 3 aromatic rings. The van der Waals surface area contributed by atoms with Crippen LogP contribution in [0, 0.1) is 5.41 Å². The van der Waals surface area contributed by atoms with Crippen LogP contribution in [0.5, 0.6) is 0 Å². The minimum absolute atomic E-state index is 0. The van der Waals surface area contributed by atoms with Crippen LogP contribution in [0.4, 0.5) is 0 Å². The molecule has 3 rings (SSSR count). The van der Waals surface area contributed by atoms with Crippen molar-refractivity contribution >= 4 is 29.3 Å². The molecule has 0 spiro atoms. The average molecular weight is 273 g/mol. The number of nitrogen functional groups attached to an aromatic ring is 1. The van der Waals surface area contributed by atoms with Gasteiger partial charge in [0.05, 0.1) is 16.7 Å². The van der Waals surface area contributed by atoms with Gasteiger partial charge in [-0.2, -0.15) is 0 Å². The molecule has 0 atom stereocenters. The molecular weight excluding hydrogens is 260 g/mol. The zero-order valence-electron chi connectivity index (χ0n) is 10.1. The third-order valence-electron chi connectivity index (χ3n) is 2.91. The summed E-state index contributed by atoms with van der Waals surface area (Å²) < 4.78 is 1.95. The van der Waals surface area contributed by atoms with E-state index in [-0.39, 0.29) is 18.2 Å². The summed E-state index contributed by atoms with van der Waals surface area (Å²) in [5, 5.41) is 7.63. The van der Waals surface area contributed by atoms with Crippen molar-refractivity contribution in [1.82, 2.24) is 9.55 Å². The Morgan fingerprint density at radius 3 is 2.53 bits per heavy atom. The highest BCUT2D eigenvalue weighted by Gasteiger charge is 2.09. The third kappa shape index (κ3) is 2.18. The second-order valence-corrected chi connectivity index (χ2v) is 4.03. The van der Waals surface area contributed by atoms with Crippen molar-refractivity contribution in [3.63, 3.8) is 0 Å². The van der Waals surface area contributed by atoms with Crippen molar-refractivity contribution in [2.24, 2.45) is 5.73 Å². The Bertz CT molecular complexity index is 733. The van der Waals surface area contributed by atoms with Gasteiger partial charge in [-0.15, -0.1) is 12.4 Å². The number of nitrogens with one attached hydrogen (secondary N) is 1. The molecule has 4 nitrogen and oxygen atoms in total. The van der Waals surface area contributed by atoms with E-state index in [2.05, 4.69) is 4.98 Å². The second kappa shape index (κ2) is 5.12. The van der Waals surface area contributed by atoms with E-state index in [1.54, 1.807) is 6.33 Å². The lowest BCUT2D eigenvalue weighted by molar-refractivity contribution is 1.08.